The molecule has 2 saturated carbocycles. The van der Waals surface area contributed by atoms with Crippen molar-refractivity contribution in [3.8, 4) is 5.75 Å². The van der Waals surface area contributed by atoms with Crippen LogP contribution in [0.15, 0.2) is 36.8 Å². The van der Waals surface area contributed by atoms with Crippen LogP contribution < -0.4 is 10.5 Å². The SMILES string of the molecule is CC(C)N(C[C@H]1CC(n2ccc3c(N)ncnc32)[C@H](O)[C@@H]1O)C1CC(CCc2nc3ccc(OC(F)(F)F)cc3[nH]2)C1. The number of ether oxygens (including phenoxy) is 1. The van der Waals surface area contributed by atoms with Gasteiger partial charge in [-0.1, -0.05) is 0 Å². The molecule has 0 aliphatic heterocycles. The van der Waals surface area contributed by atoms with Crippen LogP contribution in [0.3, 0.4) is 0 Å². The average Bonchev–Trinajstić information content (AvgIpc) is 3.58. The van der Waals surface area contributed by atoms with Crippen LogP contribution in [-0.4, -0.2) is 76.8 Å². The number of imidazole rings is 1. The maximum absolute atomic E-state index is 12.5. The van der Waals surface area contributed by atoms with Crippen molar-refractivity contribution in [2.45, 2.75) is 82.6 Å². The summed E-state index contributed by atoms with van der Waals surface area (Å²) in [6.45, 7) is 5.01. The van der Waals surface area contributed by atoms with Crippen molar-refractivity contribution < 1.29 is 28.1 Å². The largest absolute Gasteiger partial charge is 0.573 e. The molecule has 42 heavy (non-hydrogen) atoms. The third kappa shape index (κ3) is 5.64. The lowest BCUT2D eigenvalue weighted by atomic mass is 9.76. The minimum atomic E-state index is -4.74. The molecule has 6 rings (SSSR count). The molecule has 4 aromatic rings. The molecule has 3 aromatic heterocycles. The highest BCUT2D eigenvalue weighted by molar-refractivity contribution is 5.86. The summed E-state index contributed by atoms with van der Waals surface area (Å²) in [6, 6.07) is 6.32. The van der Waals surface area contributed by atoms with Gasteiger partial charge >= 0.3 is 6.36 Å². The normalized spacial score (nSPS) is 26.5. The maximum Gasteiger partial charge on any atom is 0.573 e. The first-order chi connectivity index (χ1) is 20.0. The summed E-state index contributed by atoms with van der Waals surface area (Å²) in [4.78, 5) is 18.5. The Bertz CT molecular complexity index is 1550. The van der Waals surface area contributed by atoms with E-state index in [2.05, 4.69) is 43.4 Å². The second kappa shape index (κ2) is 11.0. The second-order valence-corrected chi connectivity index (χ2v) is 12.0. The zero-order valence-corrected chi connectivity index (χ0v) is 23.5. The van der Waals surface area contributed by atoms with E-state index in [0.29, 0.717) is 53.8 Å². The fraction of sp³-hybridized carbons (Fsp3) is 0.552. The quantitative estimate of drug-likeness (QED) is 0.229. The number of nitrogens with zero attached hydrogens (tertiary/aromatic N) is 5. The van der Waals surface area contributed by atoms with Crippen molar-refractivity contribution in [1.29, 1.82) is 0 Å². The highest BCUT2D eigenvalue weighted by Gasteiger charge is 2.45. The smallest absolute Gasteiger partial charge is 0.406 e. The van der Waals surface area contributed by atoms with E-state index < -0.39 is 18.6 Å². The Labute approximate surface area is 240 Å². The van der Waals surface area contributed by atoms with Crippen molar-refractivity contribution in [3.63, 3.8) is 0 Å². The van der Waals surface area contributed by atoms with Crippen molar-refractivity contribution in [1.82, 2.24) is 29.4 Å². The molecule has 0 radical (unpaired) electrons. The van der Waals surface area contributed by atoms with Gasteiger partial charge in [0.15, 0.2) is 0 Å². The lowest BCUT2D eigenvalue weighted by Gasteiger charge is -2.46. The molecule has 1 aromatic carbocycles. The molecule has 3 heterocycles. The zero-order chi connectivity index (χ0) is 29.8. The van der Waals surface area contributed by atoms with Gasteiger partial charge in [-0.15, -0.1) is 13.2 Å². The van der Waals surface area contributed by atoms with E-state index >= 15 is 0 Å². The number of aromatic amines is 1. The number of nitrogens with two attached hydrogens (primary N) is 1. The fourth-order valence-corrected chi connectivity index (χ4v) is 6.77. The number of halogens is 3. The molecule has 0 saturated heterocycles. The Kier molecular flexibility index (Phi) is 7.52. The molecule has 2 fully saturated rings. The van der Waals surface area contributed by atoms with E-state index in [4.69, 9.17) is 5.73 Å². The number of hydrogen-bond acceptors (Lipinski definition) is 8. The van der Waals surface area contributed by atoms with Gasteiger partial charge in [0.05, 0.1) is 28.6 Å². The molecule has 0 spiro atoms. The van der Waals surface area contributed by atoms with Gasteiger partial charge in [-0.05, 0) is 63.6 Å². The van der Waals surface area contributed by atoms with Gasteiger partial charge in [0.2, 0.25) is 0 Å². The Morgan fingerprint density at radius 2 is 1.93 bits per heavy atom. The number of aliphatic hydroxyl groups excluding tert-OH is 2. The number of H-pyrrole nitrogens is 1. The monoisotopic (exact) mass is 587 g/mol. The Hall–Kier alpha value is -3.42. The zero-order valence-electron chi connectivity index (χ0n) is 23.5. The van der Waals surface area contributed by atoms with Crippen molar-refractivity contribution in [2.75, 3.05) is 12.3 Å². The van der Waals surface area contributed by atoms with E-state index in [0.717, 1.165) is 30.5 Å². The lowest BCUT2D eigenvalue weighted by molar-refractivity contribution is -0.274. The molecule has 0 bridgehead atoms. The summed E-state index contributed by atoms with van der Waals surface area (Å²) in [5.74, 6) is 1.28. The van der Waals surface area contributed by atoms with E-state index in [1.807, 2.05) is 16.8 Å². The molecule has 4 atom stereocenters. The van der Waals surface area contributed by atoms with Gasteiger partial charge in [0.1, 0.15) is 35.5 Å². The number of alkyl halides is 3. The molecular weight excluding hydrogens is 551 g/mol. The van der Waals surface area contributed by atoms with E-state index in [-0.39, 0.29) is 23.8 Å². The molecule has 10 nitrogen and oxygen atoms in total. The number of hydrogen-bond donors (Lipinski definition) is 4. The number of aromatic nitrogens is 5. The summed E-state index contributed by atoms with van der Waals surface area (Å²) in [5.41, 5.74) is 7.77. The molecule has 5 N–H and O–H groups in total. The van der Waals surface area contributed by atoms with E-state index in [1.54, 1.807) is 0 Å². The fourth-order valence-electron chi connectivity index (χ4n) is 6.77. The number of benzene rings is 1. The molecule has 1 unspecified atom stereocenters. The predicted molar refractivity (Wildman–Crippen MR) is 151 cm³/mol. The number of aliphatic hydroxyl groups is 2. The van der Waals surface area contributed by atoms with Crippen molar-refractivity contribution >= 4 is 27.9 Å². The van der Waals surface area contributed by atoms with Crippen LogP contribution in [0.2, 0.25) is 0 Å². The van der Waals surface area contributed by atoms with Crippen LogP contribution in [0.1, 0.15) is 51.4 Å². The first-order valence-electron chi connectivity index (χ1n) is 14.4. The van der Waals surface area contributed by atoms with Crippen LogP contribution >= 0.6 is 0 Å². The molecule has 2 aliphatic carbocycles. The topological polar surface area (TPSA) is 138 Å². The number of nitrogens with one attached hydrogen (secondary N) is 1. The Morgan fingerprint density at radius 3 is 2.67 bits per heavy atom. The molecular formula is C29H36F3N7O3. The lowest BCUT2D eigenvalue weighted by Crippen LogP contribution is -2.51. The van der Waals surface area contributed by atoms with Crippen LogP contribution in [-0.2, 0) is 6.42 Å². The maximum atomic E-state index is 12.5. The molecule has 13 heteroatoms. The second-order valence-electron chi connectivity index (χ2n) is 12.0. The van der Waals surface area contributed by atoms with Crippen LogP contribution in [0.25, 0.3) is 22.1 Å². The minimum Gasteiger partial charge on any atom is -0.406 e. The summed E-state index contributed by atoms with van der Waals surface area (Å²) in [6.07, 6.45) is 1.07. The van der Waals surface area contributed by atoms with E-state index in [1.165, 1.54) is 24.5 Å². The van der Waals surface area contributed by atoms with Gasteiger partial charge in [-0.2, -0.15) is 0 Å². The van der Waals surface area contributed by atoms with Crippen LogP contribution in [0, 0.1) is 11.8 Å². The van der Waals surface area contributed by atoms with Crippen LogP contribution in [0.4, 0.5) is 19.0 Å². The highest BCUT2D eigenvalue weighted by atomic mass is 19.4. The predicted octanol–water partition coefficient (Wildman–Crippen LogP) is 4.19. The Balaban J connectivity index is 1.04. The summed E-state index contributed by atoms with van der Waals surface area (Å²) in [5, 5.41) is 22.8. The number of anilines is 1. The van der Waals surface area contributed by atoms with Gasteiger partial charge in [0.25, 0.3) is 0 Å². The Morgan fingerprint density at radius 1 is 1.14 bits per heavy atom. The molecule has 226 valence electrons. The third-order valence-electron chi connectivity index (χ3n) is 8.98. The summed E-state index contributed by atoms with van der Waals surface area (Å²) < 4.78 is 43.5. The summed E-state index contributed by atoms with van der Waals surface area (Å²) >= 11 is 0. The van der Waals surface area contributed by atoms with Crippen molar-refractivity contribution in [3.05, 3.63) is 42.6 Å². The number of nitrogen functional groups attached to an aromatic ring is 1. The van der Waals surface area contributed by atoms with Crippen LogP contribution in [0.5, 0.6) is 5.75 Å². The molecule has 0 amide bonds. The first kappa shape index (κ1) is 28.7. The summed E-state index contributed by atoms with van der Waals surface area (Å²) in [7, 11) is 0. The van der Waals surface area contributed by atoms with Gasteiger partial charge in [-0.25, -0.2) is 15.0 Å². The minimum absolute atomic E-state index is 0.0927. The van der Waals surface area contributed by atoms with E-state index in [9.17, 15) is 23.4 Å². The molecule has 2 aliphatic rings. The average molecular weight is 588 g/mol. The van der Waals surface area contributed by atoms with Gasteiger partial charge < -0.3 is 30.2 Å². The standard InChI is InChI=1S/C29H36F3N7O3/c1-15(2)39(13-17-11-23(26(41)25(17)40)38-8-7-20-27(33)34-14-35-28(20)38)18-9-16(10-18)3-6-24-36-21-5-4-19(12-22(21)37-24)42-29(30,31)32/h4-5,7-8,12,14-18,23,25-26,40-41H,3,6,9-11,13H2,1-2H3,(H,36,37)(H2,33,34,35)/t16?,17-,18?,23?,25-,26+/m1/s1. The van der Waals surface area contributed by atoms with Gasteiger partial charge in [0, 0.05) is 43.2 Å². The number of aryl methyl sites for hydroxylation is 1. The highest BCUT2D eigenvalue weighted by Crippen LogP contribution is 2.41. The third-order valence-corrected chi connectivity index (χ3v) is 8.98. The van der Waals surface area contributed by atoms with Crippen molar-refractivity contribution in [2.24, 2.45) is 11.8 Å². The van der Waals surface area contributed by atoms with Gasteiger partial charge in [-0.3, -0.25) is 4.90 Å². The number of fused-ring (bicyclic) bond motifs is 2. The number of rotatable bonds is 9. The first-order valence-corrected chi connectivity index (χ1v) is 14.4.